The van der Waals surface area contributed by atoms with Crippen LogP contribution in [0.5, 0.6) is 0 Å². The standard InChI is InChI=1S/C6H4BF5N.K/c8-6(9)5-4(7(10,11)12)2-1-3-13-5;/h1-3,6H;/q-1;+1. The van der Waals surface area contributed by atoms with Gasteiger partial charge in [0.15, 0.2) is 0 Å². The molecule has 1 nitrogen and oxygen atoms in total. The van der Waals surface area contributed by atoms with Crippen LogP contribution in [0, 0.1) is 0 Å². The molecule has 1 aromatic rings. The van der Waals surface area contributed by atoms with Crippen LogP contribution < -0.4 is 56.8 Å². The normalized spacial score (nSPS) is 11.3. The number of hydrogen-bond acceptors (Lipinski definition) is 1. The van der Waals surface area contributed by atoms with Gasteiger partial charge in [-0.3, -0.25) is 4.98 Å². The van der Waals surface area contributed by atoms with Crippen LogP contribution in [0.1, 0.15) is 12.1 Å². The van der Waals surface area contributed by atoms with Gasteiger partial charge in [0.05, 0.1) is 5.69 Å². The van der Waals surface area contributed by atoms with Gasteiger partial charge in [-0.25, -0.2) is 8.78 Å². The number of pyridine rings is 1. The third-order valence-corrected chi connectivity index (χ3v) is 1.43. The largest absolute Gasteiger partial charge is 1.00 e. The van der Waals surface area contributed by atoms with Crippen LogP contribution in [0.25, 0.3) is 0 Å². The predicted octanol–water partition coefficient (Wildman–Crippen LogP) is -0.922. The van der Waals surface area contributed by atoms with Crippen LogP contribution in [0.15, 0.2) is 18.3 Å². The molecule has 0 bridgehead atoms. The zero-order chi connectivity index (χ0) is 10.1. The summed E-state index contributed by atoms with van der Waals surface area (Å²) in [6, 6.07) is 1.59. The minimum absolute atomic E-state index is 0. The fourth-order valence-corrected chi connectivity index (χ4v) is 0.889. The fourth-order valence-electron chi connectivity index (χ4n) is 0.889. The van der Waals surface area contributed by atoms with E-state index in [1.807, 2.05) is 0 Å². The Bertz CT molecular complexity index is 303. The molecular weight excluding hydrogens is 231 g/mol. The molecule has 14 heavy (non-hydrogen) atoms. The van der Waals surface area contributed by atoms with Crippen LogP contribution in [-0.2, 0) is 0 Å². The molecule has 1 heterocycles. The third-order valence-electron chi connectivity index (χ3n) is 1.43. The molecule has 0 unspecified atom stereocenters. The molecule has 0 radical (unpaired) electrons. The molecular formula is C6H4BF5KN. The second-order valence-electron chi connectivity index (χ2n) is 2.35. The van der Waals surface area contributed by atoms with E-state index in [4.69, 9.17) is 0 Å². The number of halogens is 5. The molecule has 1 aromatic heterocycles. The molecule has 0 aliphatic heterocycles. The van der Waals surface area contributed by atoms with Crippen molar-refractivity contribution < 1.29 is 73.1 Å². The van der Waals surface area contributed by atoms with Crippen molar-refractivity contribution >= 4 is 12.4 Å². The van der Waals surface area contributed by atoms with Crippen LogP contribution in [0.2, 0.25) is 0 Å². The zero-order valence-electron chi connectivity index (χ0n) is 7.22. The van der Waals surface area contributed by atoms with Crippen LogP contribution in [0.4, 0.5) is 21.7 Å². The van der Waals surface area contributed by atoms with Gasteiger partial charge in [0.1, 0.15) is 0 Å². The molecule has 0 spiro atoms. The first-order chi connectivity index (χ1) is 5.93. The molecule has 0 N–H and O–H groups in total. The fraction of sp³-hybridized carbons (Fsp3) is 0.167. The summed E-state index contributed by atoms with van der Waals surface area (Å²) in [7, 11) is 0. The molecule has 0 aliphatic carbocycles. The van der Waals surface area contributed by atoms with E-state index in [0.29, 0.717) is 6.07 Å². The van der Waals surface area contributed by atoms with Crippen molar-refractivity contribution in [2.24, 2.45) is 0 Å². The van der Waals surface area contributed by atoms with Gasteiger partial charge in [-0.1, -0.05) is 11.5 Å². The Morgan fingerprint density at radius 3 is 2.14 bits per heavy atom. The number of aromatic nitrogens is 1. The SMILES string of the molecule is FC(F)c1ncccc1[B-](F)(F)F.[K+]. The first kappa shape index (κ1) is 14.5. The Balaban J connectivity index is 0.00000169. The summed E-state index contributed by atoms with van der Waals surface area (Å²) in [5.74, 6) is 0. The summed E-state index contributed by atoms with van der Waals surface area (Å²) in [6.45, 7) is -5.41. The van der Waals surface area contributed by atoms with E-state index in [9.17, 15) is 21.7 Å². The molecule has 0 fully saturated rings. The minimum atomic E-state index is -5.41. The molecule has 0 atom stereocenters. The molecule has 0 amide bonds. The first-order valence-electron chi connectivity index (χ1n) is 3.36. The minimum Gasteiger partial charge on any atom is -0.445 e. The van der Waals surface area contributed by atoms with E-state index < -0.39 is 24.6 Å². The van der Waals surface area contributed by atoms with Gasteiger partial charge >= 0.3 is 58.4 Å². The van der Waals surface area contributed by atoms with Crippen molar-refractivity contribution in [2.45, 2.75) is 6.43 Å². The topological polar surface area (TPSA) is 12.9 Å². The van der Waals surface area contributed by atoms with Gasteiger partial charge in [-0.15, -0.1) is 0 Å². The quantitative estimate of drug-likeness (QED) is 0.477. The van der Waals surface area contributed by atoms with E-state index in [2.05, 4.69) is 4.98 Å². The Morgan fingerprint density at radius 1 is 1.21 bits per heavy atom. The molecule has 0 aliphatic rings. The first-order valence-corrected chi connectivity index (χ1v) is 3.36. The van der Waals surface area contributed by atoms with Gasteiger partial charge in [0, 0.05) is 6.20 Å². The maximum atomic E-state index is 12.1. The number of rotatable bonds is 2. The van der Waals surface area contributed by atoms with Gasteiger partial charge in [-0.05, 0) is 6.07 Å². The number of nitrogens with zero attached hydrogens (tertiary/aromatic N) is 1. The Labute approximate surface area is 120 Å². The van der Waals surface area contributed by atoms with E-state index >= 15 is 0 Å². The van der Waals surface area contributed by atoms with E-state index in [1.165, 1.54) is 0 Å². The molecule has 0 aromatic carbocycles. The number of alkyl halides is 2. The molecule has 0 saturated carbocycles. The number of hydrogen-bond donors (Lipinski definition) is 0. The predicted molar refractivity (Wildman–Crippen MR) is 37.9 cm³/mol. The summed E-state index contributed by atoms with van der Waals surface area (Å²) >= 11 is 0. The summed E-state index contributed by atoms with van der Waals surface area (Å²) in [6.07, 6.45) is -2.29. The smallest absolute Gasteiger partial charge is 0.445 e. The monoisotopic (exact) mass is 235 g/mol. The van der Waals surface area contributed by atoms with Gasteiger partial charge in [-0.2, -0.15) is 0 Å². The van der Waals surface area contributed by atoms with Crippen molar-refractivity contribution in [3.05, 3.63) is 24.0 Å². The van der Waals surface area contributed by atoms with E-state index in [-0.39, 0.29) is 51.4 Å². The third kappa shape index (κ3) is 3.58. The van der Waals surface area contributed by atoms with Gasteiger partial charge in [0.2, 0.25) is 0 Å². The molecule has 8 heteroatoms. The second kappa shape index (κ2) is 5.55. The van der Waals surface area contributed by atoms with E-state index in [0.717, 1.165) is 12.3 Å². The van der Waals surface area contributed by atoms with Crippen molar-refractivity contribution in [2.75, 3.05) is 0 Å². The van der Waals surface area contributed by atoms with Crippen LogP contribution >= 0.6 is 0 Å². The van der Waals surface area contributed by atoms with E-state index in [1.54, 1.807) is 0 Å². The van der Waals surface area contributed by atoms with Crippen LogP contribution in [-0.4, -0.2) is 12.0 Å². The maximum Gasteiger partial charge on any atom is 1.00 e. The van der Waals surface area contributed by atoms with Crippen molar-refractivity contribution in [1.82, 2.24) is 4.98 Å². The Kier molecular flexibility index (Phi) is 5.75. The molecule has 0 saturated heterocycles. The maximum absolute atomic E-state index is 12.1. The van der Waals surface area contributed by atoms with Crippen LogP contribution in [0.3, 0.4) is 0 Å². The Morgan fingerprint density at radius 2 is 1.79 bits per heavy atom. The van der Waals surface area contributed by atoms with Crippen molar-refractivity contribution in [1.29, 1.82) is 0 Å². The molecule has 72 valence electrons. The summed E-state index contributed by atoms with van der Waals surface area (Å²) in [5, 5.41) is 0. The molecule has 1 rings (SSSR count). The van der Waals surface area contributed by atoms with Crippen molar-refractivity contribution in [3.8, 4) is 0 Å². The summed E-state index contributed by atoms with van der Waals surface area (Å²) < 4.78 is 60.3. The average Bonchev–Trinajstić information content (AvgIpc) is 2.03. The zero-order valence-corrected chi connectivity index (χ0v) is 10.3. The summed E-state index contributed by atoms with van der Waals surface area (Å²) in [5.41, 5.74) is -2.52. The summed E-state index contributed by atoms with van der Waals surface area (Å²) in [4.78, 5) is 2.99. The van der Waals surface area contributed by atoms with Crippen molar-refractivity contribution in [3.63, 3.8) is 0 Å². The van der Waals surface area contributed by atoms with Gasteiger partial charge in [0.25, 0.3) is 6.43 Å². The van der Waals surface area contributed by atoms with Gasteiger partial charge < -0.3 is 12.9 Å². The average molecular weight is 235 g/mol. The second-order valence-corrected chi connectivity index (χ2v) is 2.35. The Hall–Kier alpha value is 0.501.